The van der Waals surface area contributed by atoms with Crippen LogP contribution in [0.1, 0.15) is 36.9 Å². The van der Waals surface area contributed by atoms with Gasteiger partial charge in [-0.05, 0) is 62.6 Å². The molecule has 2 saturated heterocycles. The monoisotopic (exact) mass is 499 g/mol. The number of likely N-dealkylation sites (tertiary alicyclic amines) is 1. The van der Waals surface area contributed by atoms with Crippen LogP contribution >= 0.6 is 11.3 Å². The number of amides is 1. The van der Waals surface area contributed by atoms with Gasteiger partial charge in [0.05, 0.1) is 22.0 Å². The van der Waals surface area contributed by atoms with Crippen molar-refractivity contribution in [1.29, 1.82) is 0 Å². The molecule has 1 atom stereocenters. The van der Waals surface area contributed by atoms with Gasteiger partial charge in [-0.2, -0.15) is 10.1 Å². The first-order valence-electron chi connectivity index (χ1n) is 13.1. The zero-order valence-corrected chi connectivity index (χ0v) is 21.7. The number of aryl methyl sites for hydroxylation is 1. The molecule has 2 aliphatic heterocycles. The third-order valence-electron chi connectivity index (χ3n) is 7.71. The molecule has 2 fully saturated rings. The Hall–Kier alpha value is -3.19. The van der Waals surface area contributed by atoms with Gasteiger partial charge in [0, 0.05) is 26.2 Å². The maximum absolute atomic E-state index is 13.5. The molecule has 0 unspecified atom stereocenters. The Morgan fingerprint density at radius 3 is 2.44 bits per heavy atom. The van der Waals surface area contributed by atoms with Crippen molar-refractivity contribution in [2.45, 2.75) is 39.0 Å². The third-order valence-corrected chi connectivity index (χ3v) is 8.93. The summed E-state index contributed by atoms with van der Waals surface area (Å²) in [5, 5.41) is 5.74. The van der Waals surface area contributed by atoms with Crippen LogP contribution in [-0.2, 0) is 11.2 Å². The Kier molecular flexibility index (Phi) is 6.48. The highest BCUT2D eigenvalue weighted by molar-refractivity contribution is 7.22. The number of fused-ring (bicyclic) bond motifs is 1. The van der Waals surface area contributed by atoms with Crippen LogP contribution in [0.25, 0.3) is 16.0 Å². The minimum absolute atomic E-state index is 0.0585. The Morgan fingerprint density at radius 1 is 0.972 bits per heavy atom. The number of para-hydroxylation sites is 1. The number of piperidine rings is 2. The quantitative estimate of drug-likeness (QED) is 0.364. The summed E-state index contributed by atoms with van der Waals surface area (Å²) in [4.78, 5) is 22.9. The molecule has 4 aromatic rings. The number of carbonyl (C=O) groups is 1. The number of hydrogen-bond acceptors (Lipinski definition) is 5. The van der Waals surface area contributed by atoms with E-state index in [9.17, 15) is 4.79 Å². The van der Waals surface area contributed by atoms with Crippen molar-refractivity contribution < 1.29 is 4.79 Å². The second-order valence-electron chi connectivity index (χ2n) is 10.2. The molecule has 36 heavy (non-hydrogen) atoms. The Balaban J connectivity index is 1.11. The van der Waals surface area contributed by atoms with E-state index in [1.165, 1.54) is 5.56 Å². The maximum atomic E-state index is 13.5. The lowest BCUT2D eigenvalue weighted by Gasteiger charge is -2.38. The molecule has 2 aromatic heterocycles. The average molecular weight is 500 g/mol. The van der Waals surface area contributed by atoms with Gasteiger partial charge in [-0.15, -0.1) is 0 Å². The second-order valence-corrected chi connectivity index (χ2v) is 11.2. The number of nitrogens with zero attached hydrogens (tertiary/aromatic N) is 5. The molecule has 0 saturated carbocycles. The van der Waals surface area contributed by atoms with Gasteiger partial charge in [-0.25, -0.2) is 4.68 Å². The summed E-state index contributed by atoms with van der Waals surface area (Å²) in [7, 11) is 0. The number of thiazole rings is 1. The standard InChI is InChI=1S/C29H33N5OS/c1-21-26-27(34(31-21)25-12-6-3-7-13-25)30-29(36-26)33-16-8-11-24(20-33)28(35)32-17-14-23(15-18-32)19-22-9-4-2-5-10-22/h2-7,9-10,12-13,23-24H,8,11,14-20H2,1H3/t24-/m0/s1. The van der Waals surface area contributed by atoms with E-state index in [2.05, 4.69) is 52.3 Å². The predicted octanol–water partition coefficient (Wildman–Crippen LogP) is 5.49. The first-order valence-corrected chi connectivity index (χ1v) is 14.0. The molecule has 0 aliphatic carbocycles. The van der Waals surface area contributed by atoms with Crippen LogP contribution in [0.3, 0.4) is 0 Å². The lowest BCUT2D eigenvalue weighted by Crippen LogP contribution is -2.47. The van der Waals surface area contributed by atoms with Crippen LogP contribution in [0.2, 0.25) is 0 Å². The first kappa shape index (κ1) is 23.2. The Bertz CT molecular complexity index is 1320. The van der Waals surface area contributed by atoms with E-state index in [1.54, 1.807) is 11.3 Å². The minimum Gasteiger partial charge on any atom is -0.347 e. The maximum Gasteiger partial charge on any atom is 0.227 e. The molecule has 186 valence electrons. The molecule has 6 nitrogen and oxygen atoms in total. The fourth-order valence-corrected chi connectivity index (χ4v) is 6.74. The van der Waals surface area contributed by atoms with Gasteiger partial charge in [-0.1, -0.05) is 59.9 Å². The lowest BCUT2D eigenvalue weighted by molar-refractivity contribution is -0.137. The van der Waals surface area contributed by atoms with Crippen LogP contribution in [0, 0.1) is 18.8 Å². The highest BCUT2D eigenvalue weighted by atomic mass is 32.1. The van der Waals surface area contributed by atoms with Gasteiger partial charge in [0.1, 0.15) is 0 Å². The highest BCUT2D eigenvalue weighted by Gasteiger charge is 2.33. The zero-order valence-electron chi connectivity index (χ0n) is 20.8. The number of hydrogen-bond donors (Lipinski definition) is 0. The number of benzene rings is 2. The van der Waals surface area contributed by atoms with Crippen molar-refractivity contribution in [1.82, 2.24) is 19.7 Å². The van der Waals surface area contributed by atoms with E-state index in [-0.39, 0.29) is 5.92 Å². The average Bonchev–Trinajstić information content (AvgIpc) is 3.50. The molecule has 2 aliphatic rings. The topological polar surface area (TPSA) is 54.3 Å². The molecule has 0 radical (unpaired) electrons. The highest BCUT2D eigenvalue weighted by Crippen LogP contribution is 2.35. The SMILES string of the molecule is Cc1nn(-c2ccccc2)c2nc(N3CCC[C@H](C(=O)N4CCC(Cc5ccccc5)CC4)C3)sc12. The number of anilines is 1. The lowest BCUT2D eigenvalue weighted by atomic mass is 9.89. The number of aromatic nitrogens is 3. The molecule has 4 heterocycles. The van der Waals surface area contributed by atoms with Crippen molar-refractivity contribution in [3.63, 3.8) is 0 Å². The van der Waals surface area contributed by atoms with E-state index >= 15 is 0 Å². The van der Waals surface area contributed by atoms with Gasteiger partial charge in [0.2, 0.25) is 5.91 Å². The van der Waals surface area contributed by atoms with E-state index in [4.69, 9.17) is 10.1 Å². The largest absolute Gasteiger partial charge is 0.347 e. The van der Waals surface area contributed by atoms with Crippen molar-refractivity contribution in [2.75, 3.05) is 31.1 Å². The Morgan fingerprint density at radius 2 is 1.69 bits per heavy atom. The number of carbonyl (C=O) groups excluding carboxylic acids is 1. The van der Waals surface area contributed by atoms with Gasteiger partial charge < -0.3 is 9.80 Å². The van der Waals surface area contributed by atoms with Crippen LogP contribution in [0.5, 0.6) is 0 Å². The van der Waals surface area contributed by atoms with E-state index in [0.717, 1.165) is 85.1 Å². The zero-order chi connectivity index (χ0) is 24.5. The predicted molar refractivity (Wildman–Crippen MR) is 146 cm³/mol. The van der Waals surface area contributed by atoms with Gasteiger partial charge in [-0.3, -0.25) is 4.79 Å². The summed E-state index contributed by atoms with van der Waals surface area (Å²) in [6.07, 6.45) is 5.33. The molecule has 1 amide bonds. The van der Waals surface area contributed by atoms with E-state index in [0.29, 0.717) is 11.8 Å². The second kappa shape index (κ2) is 10.1. The molecule has 0 spiro atoms. The molecular weight excluding hydrogens is 466 g/mol. The smallest absolute Gasteiger partial charge is 0.227 e. The normalized spacial score (nSPS) is 19.2. The van der Waals surface area contributed by atoms with E-state index < -0.39 is 0 Å². The molecule has 0 bridgehead atoms. The Labute approximate surface area is 216 Å². The summed E-state index contributed by atoms with van der Waals surface area (Å²) in [5.74, 6) is 1.07. The summed E-state index contributed by atoms with van der Waals surface area (Å²) in [6.45, 7) is 5.54. The third kappa shape index (κ3) is 4.64. The van der Waals surface area contributed by atoms with E-state index in [1.807, 2.05) is 29.8 Å². The van der Waals surface area contributed by atoms with Crippen molar-refractivity contribution >= 4 is 32.7 Å². The minimum atomic E-state index is 0.0585. The van der Waals surface area contributed by atoms with Crippen molar-refractivity contribution in [3.8, 4) is 5.69 Å². The van der Waals surface area contributed by atoms with Gasteiger partial charge >= 0.3 is 0 Å². The molecule has 7 heteroatoms. The molecule has 6 rings (SSSR count). The van der Waals surface area contributed by atoms with Crippen molar-refractivity contribution in [2.24, 2.45) is 11.8 Å². The van der Waals surface area contributed by atoms with Crippen LogP contribution in [0.15, 0.2) is 60.7 Å². The fourth-order valence-electron chi connectivity index (χ4n) is 5.72. The van der Waals surface area contributed by atoms with Gasteiger partial charge in [0.15, 0.2) is 10.8 Å². The molecule has 2 aromatic carbocycles. The first-order chi connectivity index (χ1) is 17.7. The fraction of sp³-hybridized carbons (Fsp3) is 0.414. The van der Waals surface area contributed by atoms with Crippen LogP contribution in [-0.4, -0.2) is 51.8 Å². The molecular formula is C29H33N5OS. The summed E-state index contributed by atoms with van der Waals surface area (Å²) < 4.78 is 3.07. The number of rotatable bonds is 5. The summed E-state index contributed by atoms with van der Waals surface area (Å²) in [5.41, 5.74) is 4.34. The molecule has 0 N–H and O–H groups in total. The van der Waals surface area contributed by atoms with Crippen molar-refractivity contribution in [3.05, 3.63) is 71.9 Å². The van der Waals surface area contributed by atoms with Crippen LogP contribution < -0.4 is 4.90 Å². The summed E-state index contributed by atoms with van der Waals surface area (Å²) in [6, 6.07) is 20.9. The van der Waals surface area contributed by atoms with Crippen LogP contribution in [0.4, 0.5) is 5.13 Å². The summed E-state index contributed by atoms with van der Waals surface area (Å²) >= 11 is 1.70. The van der Waals surface area contributed by atoms with Gasteiger partial charge in [0.25, 0.3) is 0 Å².